The maximum absolute atomic E-state index is 2.35. The molecule has 0 saturated carbocycles. The van der Waals surface area contributed by atoms with Crippen molar-refractivity contribution < 1.29 is 0 Å². The SMILES string of the molecule is CCCc1cccc(CCCCc2ccccc2)c1CCC. The van der Waals surface area contributed by atoms with Crippen LogP contribution in [0.25, 0.3) is 0 Å². The van der Waals surface area contributed by atoms with Crippen molar-refractivity contribution in [2.45, 2.75) is 65.2 Å². The van der Waals surface area contributed by atoms with Gasteiger partial charge in [-0.15, -0.1) is 0 Å². The van der Waals surface area contributed by atoms with E-state index in [4.69, 9.17) is 0 Å². The monoisotopic (exact) mass is 294 g/mol. The van der Waals surface area contributed by atoms with Crippen LogP contribution in [0, 0.1) is 0 Å². The van der Waals surface area contributed by atoms with E-state index in [0.717, 1.165) is 0 Å². The summed E-state index contributed by atoms with van der Waals surface area (Å²) in [6, 6.07) is 17.8. The van der Waals surface area contributed by atoms with Gasteiger partial charge in [-0.2, -0.15) is 0 Å². The molecule has 0 heteroatoms. The van der Waals surface area contributed by atoms with Crippen LogP contribution in [-0.2, 0) is 25.7 Å². The fourth-order valence-corrected chi connectivity index (χ4v) is 3.29. The molecule has 0 spiro atoms. The van der Waals surface area contributed by atoms with Crippen molar-refractivity contribution in [1.29, 1.82) is 0 Å². The summed E-state index contributed by atoms with van der Waals surface area (Å²) in [4.78, 5) is 0. The first-order valence-electron chi connectivity index (χ1n) is 8.98. The maximum Gasteiger partial charge on any atom is -0.0276 e. The lowest BCUT2D eigenvalue weighted by atomic mass is 9.91. The minimum Gasteiger partial charge on any atom is -0.0651 e. The molecule has 22 heavy (non-hydrogen) atoms. The highest BCUT2D eigenvalue weighted by molar-refractivity contribution is 5.36. The Bertz CT molecular complexity index is 539. The third-order valence-electron chi connectivity index (χ3n) is 4.39. The van der Waals surface area contributed by atoms with Crippen LogP contribution in [0.2, 0.25) is 0 Å². The molecule has 0 aromatic heterocycles. The van der Waals surface area contributed by atoms with E-state index in [1.54, 1.807) is 16.7 Å². The second kappa shape index (κ2) is 9.46. The number of aryl methyl sites for hydroxylation is 3. The Hall–Kier alpha value is -1.56. The summed E-state index contributed by atoms with van der Waals surface area (Å²) < 4.78 is 0. The number of rotatable bonds is 9. The van der Waals surface area contributed by atoms with Gasteiger partial charge in [-0.25, -0.2) is 0 Å². The molecule has 0 atom stereocenters. The predicted octanol–water partition coefficient (Wildman–Crippen LogP) is 6.16. The number of hydrogen-bond acceptors (Lipinski definition) is 0. The fraction of sp³-hybridized carbons (Fsp3) is 0.455. The Balaban J connectivity index is 1.92. The molecule has 0 heterocycles. The second-order valence-electron chi connectivity index (χ2n) is 6.25. The number of unbranched alkanes of at least 4 members (excludes halogenated alkanes) is 1. The van der Waals surface area contributed by atoms with Crippen LogP contribution in [0.15, 0.2) is 48.5 Å². The van der Waals surface area contributed by atoms with E-state index in [1.807, 2.05) is 0 Å². The van der Waals surface area contributed by atoms with Crippen molar-refractivity contribution >= 4 is 0 Å². The van der Waals surface area contributed by atoms with Crippen LogP contribution in [0.1, 0.15) is 61.8 Å². The molecule has 0 aliphatic rings. The summed E-state index contributed by atoms with van der Waals surface area (Å²) in [5, 5.41) is 0. The van der Waals surface area contributed by atoms with Gasteiger partial charge in [0, 0.05) is 0 Å². The predicted molar refractivity (Wildman–Crippen MR) is 97.5 cm³/mol. The molecule has 0 saturated heterocycles. The molecule has 0 unspecified atom stereocenters. The fourth-order valence-electron chi connectivity index (χ4n) is 3.29. The molecular formula is C22H30. The highest BCUT2D eigenvalue weighted by atomic mass is 14.1. The van der Waals surface area contributed by atoms with Crippen molar-refractivity contribution in [1.82, 2.24) is 0 Å². The molecule has 0 fully saturated rings. The molecule has 2 rings (SSSR count). The maximum atomic E-state index is 2.35. The van der Waals surface area contributed by atoms with Crippen molar-refractivity contribution in [3.8, 4) is 0 Å². The standard InChI is InChI=1S/C22H30/c1-3-11-20-17-10-18-21(22(20)12-4-2)16-9-8-15-19-13-6-5-7-14-19/h5-7,10,13-14,17-18H,3-4,8-9,11-12,15-16H2,1-2H3. The molecule has 2 aromatic carbocycles. The van der Waals surface area contributed by atoms with E-state index in [-0.39, 0.29) is 0 Å². The topological polar surface area (TPSA) is 0 Å². The van der Waals surface area contributed by atoms with Crippen LogP contribution >= 0.6 is 0 Å². The Morgan fingerprint density at radius 2 is 1.23 bits per heavy atom. The first-order chi connectivity index (χ1) is 10.8. The van der Waals surface area contributed by atoms with Crippen LogP contribution in [0.3, 0.4) is 0 Å². The quantitative estimate of drug-likeness (QED) is 0.486. The molecule has 0 nitrogen and oxygen atoms in total. The number of benzene rings is 2. The highest BCUT2D eigenvalue weighted by Gasteiger charge is 2.07. The van der Waals surface area contributed by atoms with Gasteiger partial charge in [0.05, 0.1) is 0 Å². The molecule has 118 valence electrons. The third kappa shape index (κ3) is 5.02. The van der Waals surface area contributed by atoms with E-state index in [2.05, 4.69) is 62.4 Å². The van der Waals surface area contributed by atoms with E-state index in [0.29, 0.717) is 0 Å². The zero-order valence-electron chi connectivity index (χ0n) is 14.3. The third-order valence-corrected chi connectivity index (χ3v) is 4.39. The van der Waals surface area contributed by atoms with Gasteiger partial charge in [0.25, 0.3) is 0 Å². The van der Waals surface area contributed by atoms with Gasteiger partial charge in [0.2, 0.25) is 0 Å². The first kappa shape index (κ1) is 16.8. The lowest BCUT2D eigenvalue weighted by Crippen LogP contribution is -2.01. The Morgan fingerprint density at radius 3 is 1.91 bits per heavy atom. The Labute approximate surface area is 136 Å². The highest BCUT2D eigenvalue weighted by Crippen LogP contribution is 2.21. The van der Waals surface area contributed by atoms with Crippen molar-refractivity contribution in [2.24, 2.45) is 0 Å². The lowest BCUT2D eigenvalue weighted by Gasteiger charge is -2.14. The average molecular weight is 294 g/mol. The summed E-state index contributed by atoms with van der Waals surface area (Å²) in [5.74, 6) is 0. The summed E-state index contributed by atoms with van der Waals surface area (Å²) >= 11 is 0. The molecule has 0 bridgehead atoms. The van der Waals surface area contributed by atoms with Crippen LogP contribution in [0.4, 0.5) is 0 Å². The van der Waals surface area contributed by atoms with E-state index >= 15 is 0 Å². The van der Waals surface area contributed by atoms with Crippen molar-refractivity contribution in [3.05, 3.63) is 70.8 Å². The minimum absolute atomic E-state index is 1.21. The van der Waals surface area contributed by atoms with Gasteiger partial charge in [-0.1, -0.05) is 75.2 Å². The summed E-state index contributed by atoms with van der Waals surface area (Å²) in [7, 11) is 0. The van der Waals surface area contributed by atoms with Gasteiger partial charge in [-0.3, -0.25) is 0 Å². The second-order valence-corrected chi connectivity index (χ2v) is 6.25. The van der Waals surface area contributed by atoms with Gasteiger partial charge in [0.15, 0.2) is 0 Å². The lowest BCUT2D eigenvalue weighted by molar-refractivity contribution is 0.724. The molecule has 0 N–H and O–H groups in total. The van der Waals surface area contributed by atoms with Crippen LogP contribution in [-0.4, -0.2) is 0 Å². The van der Waals surface area contributed by atoms with Crippen LogP contribution < -0.4 is 0 Å². The summed E-state index contributed by atoms with van der Waals surface area (Å²) in [5.41, 5.74) is 6.30. The molecule has 0 amide bonds. The molecule has 2 aromatic rings. The van der Waals surface area contributed by atoms with E-state index in [1.165, 1.54) is 56.9 Å². The van der Waals surface area contributed by atoms with E-state index < -0.39 is 0 Å². The Morgan fingerprint density at radius 1 is 0.591 bits per heavy atom. The zero-order chi connectivity index (χ0) is 15.6. The first-order valence-corrected chi connectivity index (χ1v) is 8.98. The van der Waals surface area contributed by atoms with Crippen molar-refractivity contribution in [2.75, 3.05) is 0 Å². The molecular weight excluding hydrogens is 264 g/mol. The molecule has 0 aliphatic carbocycles. The van der Waals surface area contributed by atoms with Gasteiger partial charge >= 0.3 is 0 Å². The van der Waals surface area contributed by atoms with Crippen LogP contribution in [0.5, 0.6) is 0 Å². The smallest absolute Gasteiger partial charge is 0.0276 e. The normalized spacial score (nSPS) is 10.8. The molecule has 0 aliphatic heterocycles. The number of hydrogen-bond donors (Lipinski definition) is 0. The van der Waals surface area contributed by atoms with Gasteiger partial charge < -0.3 is 0 Å². The zero-order valence-corrected chi connectivity index (χ0v) is 14.3. The summed E-state index contributed by atoms with van der Waals surface area (Å²) in [6.45, 7) is 4.57. The summed E-state index contributed by atoms with van der Waals surface area (Å²) in [6.07, 6.45) is 9.98. The van der Waals surface area contributed by atoms with E-state index in [9.17, 15) is 0 Å². The largest absolute Gasteiger partial charge is 0.0651 e. The Kier molecular flexibility index (Phi) is 7.22. The molecule has 0 radical (unpaired) electrons. The van der Waals surface area contributed by atoms with Gasteiger partial charge in [0.1, 0.15) is 0 Å². The average Bonchev–Trinajstić information content (AvgIpc) is 2.55. The van der Waals surface area contributed by atoms with Crippen molar-refractivity contribution in [3.63, 3.8) is 0 Å². The minimum atomic E-state index is 1.21. The van der Waals surface area contributed by atoms with Gasteiger partial charge in [-0.05, 0) is 60.8 Å².